The molecule has 5 nitrogen and oxygen atoms in total. The van der Waals surface area contributed by atoms with E-state index in [1.54, 1.807) is 14.2 Å². The Morgan fingerprint density at radius 1 is 1.12 bits per heavy atom. The molecule has 2 aromatic rings. The van der Waals surface area contributed by atoms with Gasteiger partial charge in [0.1, 0.15) is 5.75 Å². The molecule has 2 aromatic carbocycles. The second-order valence-electron chi connectivity index (χ2n) is 5.84. The van der Waals surface area contributed by atoms with E-state index < -0.39 is 10.8 Å². The zero-order valence-corrected chi connectivity index (χ0v) is 16.4. The fourth-order valence-electron chi connectivity index (χ4n) is 2.52. The molecule has 26 heavy (non-hydrogen) atoms. The molecule has 6 heteroatoms. The zero-order valence-electron chi connectivity index (χ0n) is 15.6. The minimum Gasteiger partial charge on any atom is -0.496 e. The van der Waals surface area contributed by atoms with Crippen molar-refractivity contribution in [1.82, 2.24) is 10.6 Å². The number of aryl methyl sites for hydroxylation is 1. The number of ether oxygens (including phenoxy) is 1. The number of hydrogen-bond acceptors (Lipinski definition) is 3. The second kappa shape index (κ2) is 10.6. The maximum absolute atomic E-state index is 12.2. The highest BCUT2D eigenvalue weighted by molar-refractivity contribution is 7.85. The molecule has 0 aliphatic rings. The average molecular weight is 374 g/mol. The van der Waals surface area contributed by atoms with E-state index in [-0.39, 0.29) is 0 Å². The van der Waals surface area contributed by atoms with Gasteiger partial charge in [0.15, 0.2) is 5.96 Å². The van der Waals surface area contributed by atoms with Gasteiger partial charge in [-0.3, -0.25) is 9.20 Å². The van der Waals surface area contributed by atoms with Gasteiger partial charge in [-0.25, -0.2) is 0 Å². The van der Waals surface area contributed by atoms with E-state index in [0.29, 0.717) is 18.3 Å². The lowest BCUT2D eigenvalue weighted by Gasteiger charge is -2.12. The number of rotatable bonds is 8. The van der Waals surface area contributed by atoms with Gasteiger partial charge in [0.2, 0.25) is 0 Å². The van der Waals surface area contributed by atoms with Crippen LogP contribution >= 0.6 is 0 Å². The van der Waals surface area contributed by atoms with E-state index in [1.165, 1.54) is 5.56 Å². The maximum Gasteiger partial charge on any atom is 0.191 e. The summed E-state index contributed by atoms with van der Waals surface area (Å²) in [6, 6.07) is 15.8. The first kappa shape index (κ1) is 20.0. The summed E-state index contributed by atoms with van der Waals surface area (Å²) in [5, 5.41) is 6.49. The lowest BCUT2D eigenvalue weighted by Crippen LogP contribution is -2.40. The number of nitrogens with zero attached hydrogens (tertiary/aromatic N) is 1. The largest absolute Gasteiger partial charge is 0.496 e. The minimum absolute atomic E-state index is 0.542. The van der Waals surface area contributed by atoms with E-state index in [2.05, 4.69) is 33.8 Å². The normalized spacial score (nSPS) is 12.5. The molecule has 1 unspecified atom stereocenters. The SMILES string of the molecule is CN=C(NCCc1ccc(C)c(OC)c1)NCCS(=O)c1ccccc1. The van der Waals surface area contributed by atoms with Gasteiger partial charge in [0, 0.05) is 30.8 Å². The van der Waals surface area contributed by atoms with E-state index in [1.807, 2.05) is 37.3 Å². The minimum atomic E-state index is -1.00. The van der Waals surface area contributed by atoms with Gasteiger partial charge >= 0.3 is 0 Å². The molecule has 0 spiro atoms. The molecule has 0 saturated heterocycles. The third-order valence-corrected chi connectivity index (χ3v) is 5.36. The summed E-state index contributed by atoms with van der Waals surface area (Å²) in [6.45, 7) is 3.39. The Morgan fingerprint density at radius 2 is 1.85 bits per heavy atom. The fraction of sp³-hybridized carbons (Fsp3) is 0.350. The highest BCUT2D eigenvalue weighted by atomic mass is 32.2. The van der Waals surface area contributed by atoms with Crippen molar-refractivity contribution in [2.24, 2.45) is 4.99 Å². The van der Waals surface area contributed by atoms with Crippen LogP contribution in [-0.4, -0.2) is 43.2 Å². The molecule has 0 aliphatic heterocycles. The molecule has 140 valence electrons. The number of nitrogens with one attached hydrogen (secondary N) is 2. The Bertz CT molecular complexity index is 748. The first-order valence-electron chi connectivity index (χ1n) is 8.65. The lowest BCUT2D eigenvalue weighted by molar-refractivity contribution is 0.411. The van der Waals surface area contributed by atoms with Crippen molar-refractivity contribution in [2.45, 2.75) is 18.2 Å². The van der Waals surface area contributed by atoms with Crippen molar-refractivity contribution in [3.63, 3.8) is 0 Å². The molecule has 0 heterocycles. The van der Waals surface area contributed by atoms with Crippen LogP contribution in [0.3, 0.4) is 0 Å². The summed E-state index contributed by atoms with van der Waals surface area (Å²) >= 11 is 0. The molecule has 0 aromatic heterocycles. The molecule has 0 amide bonds. The van der Waals surface area contributed by atoms with Crippen LogP contribution in [-0.2, 0) is 17.2 Å². The van der Waals surface area contributed by atoms with Crippen LogP contribution in [0.15, 0.2) is 58.4 Å². The Morgan fingerprint density at radius 3 is 2.54 bits per heavy atom. The van der Waals surface area contributed by atoms with Crippen molar-refractivity contribution in [3.8, 4) is 5.75 Å². The summed E-state index contributed by atoms with van der Waals surface area (Å²) in [5.41, 5.74) is 2.34. The molecular weight excluding hydrogens is 346 g/mol. The average Bonchev–Trinajstić information content (AvgIpc) is 2.68. The number of aliphatic imine (C=N–C) groups is 1. The van der Waals surface area contributed by atoms with Crippen LogP contribution in [0.2, 0.25) is 0 Å². The van der Waals surface area contributed by atoms with Gasteiger partial charge in [-0.05, 0) is 42.7 Å². The van der Waals surface area contributed by atoms with Crippen LogP contribution in [0.4, 0.5) is 0 Å². The van der Waals surface area contributed by atoms with E-state index in [9.17, 15) is 4.21 Å². The van der Waals surface area contributed by atoms with E-state index in [4.69, 9.17) is 4.74 Å². The highest BCUT2D eigenvalue weighted by Gasteiger charge is 2.04. The quantitative estimate of drug-likeness (QED) is 0.551. The molecule has 0 saturated carbocycles. The number of hydrogen-bond donors (Lipinski definition) is 2. The third kappa shape index (κ3) is 6.19. The molecule has 1 atom stereocenters. The first-order valence-corrected chi connectivity index (χ1v) is 9.97. The van der Waals surface area contributed by atoms with Crippen LogP contribution in [0.25, 0.3) is 0 Å². The zero-order chi connectivity index (χ0) is 18.8. The van der Waals surface area contributed by atoms with Crippen molar-refractivity contribution in [1.29, 1.82) is 0 Å². The molecular formula is C20H27N3O2S. The molecule has 2 N–H and O–H groups in total. The maximum atomic E-state index is 12.2. The predicted octanol–water partition coefficient (Wildman–Crippen LogP) is 2.52. The topological polar surface area (TPSA) is 62.7 Å². The Kier molecular flexibility index (Phi) is 8.15. The molecule has 0 fully saturated rings. The standard InChI is InChI=1S/C20H27N3O2S/c1-16-9-10-17(15-19(16)25-3)11-12-22-20(21-2)23-13-14-26(24)18-7-5-4-6-8-18/h4-10,15H,11-14H2,1-3H3,(H2,21,22,23). The number of guanidine groups is 1. The van der Waals surface area contributed by atoms with E-state index in [0.717, 1.165) is 29.2 Å². The summed E-state index contributed by atoms with van der Waals surface area (Å²) in [7, 11) is 2.42. The van der Waals surface area contributed by atoms with Gasteiger partial charge < -0.3 is 15.4 Å². The molecule has 0 radical (unpaired) electrons. The number of benzene rings is 2. The fourth-order valence-corrected chi connectivity index (χ4v) is 3.50. The van der Waals surface area contributed by atoms with Crippen LogP contribution in [0.1, 0.15) is 11.1 Å². The Balaban J connectivity index is 1.73. The summed E-state index contributed by atoms with van der Waals surface area (Å²) in [6.07, 6.45) is 0.868. The van der Waals surface area contributed by atoms with Gasteiger partial charge in [-0.2, -0.15) is 0 Å². The predicted molar refractivity (Wildman–Crippen MR) is 109 cm³/mol. The summed E-state index contributed by atoms with van der Waals surface area (Å²) in [4.78, 5) is 5.06. The Hall–Kier alpha value is -2.34. The van der Waals surface area contributed by atoms with E-state index >= 15 is 0 Å². The van der Waals surface area contributed by atoms with Crippen LogP contribution < -0.4 is 15.4 Å². The van der Waals surface area contributed by atoms with Gasteiger partial charge in [-0.1, -0.05) is 30.3 Å². The summed E-state index contributed by atoms with van der Waals surface area (Å²) < 4.78 is 17.6. The highest BCUT2D eigenvalue weighted by Crippen LogP contribution is 2.18. The van der Waals surface area contributed by atoms with Crippen molar-refractivity contribution in [2.75, 3.05) is 33.0 Å². The summed E-state index contributed by atoms with van der Waals surface area (Å²) in [5.74, 6) is 2.17. The number of methoxy groups -OCH3 is 1. The van der Waals surface area contributed by atoms with Gasteiger partial charge in [0.25, 0.3) is 0 Å². The van der Waals surface area contributed by atoms with Gasteiger partial charge in [-0.15, -0.1) is 0 Å². The third-order valence-electron chi connectivity index (χ3n) is 3.99. The lowest BCUT2D eigenvalue weighted by atomic mass is 10.1. The van der Waals surface area contributed by atoms with Crippen molar-refractivity contribution in [3.05, 3.63) is 59.7 Å². The van der Waals surface area contributed by atoms with Crippen LogP contribution in [0.5, 0.6) is 5.75 Å². The second-order valence-corrected chi connectivity index (χ2v) is 7.41. The van der Waals surface area contributed by atoms with Gasteiger partial charge in [0.05, 0.1) is 17.9 Å². The van der Waals surface area contributed by atoms with Crippen molar-refractivity contribution >= 4 is 16.8 Å². The molecule has 0 aliphatic carbocycles. The Labute approximate surface area is 158 Å². The molecule has 0 bridgehead atoms. The smallest absolute Gasteiger partial charge is 0.191 e. The monoisotopic (exact) mass is 373 g/mol. The first-order chi connectivity index (χ1) is 12.6. The van der Waals surface area contributed by atoms with Crippen molar-refractivity contribution < 1.29 is 8.95 Å². The molecule has 2 rings (SSSR count). The van der Waals surface area contributed by atoms with Crippen LogP contribution in [0, 0.1) is 6.92 Å².